The number of carbonyl (C=O) groups is 1. The Kier molecular flexibility index (Phi) is 4.18. The largest absolute Gasteiger partial charge is 0.395 e. The fourth-order valence-corrected chi connectivity index (χ4v) is 1.52. The predicted octanol–water partition coefficient (Wildman–Crippen LogP) is 0.00620. The molecule has 1 N–H and O–H groups in total. The fourth-order valence-electron chi connectivity index (χ4n) is 1.52. The van der Waals surface area contributed by atoms with Gasteiger partial charge >= 0.3 is 0 Å². The van der Waals surface area contributed by atoms with Crippen LogP contribution in [0.2, 0.25) is 0 Å². The second-order valence-electron chi connectivity index (χ2n) is 3.33. The van der Waals surface area contributed by atoms with Gasteiger partial charge in [0.05, 0.1) is 6.61 Å². The number of ether oxygens (including phenoxy) is 1. The molecule has 0 saturated heterocycles. The molecule has 1 amide bonds. The van der Waals surface area contributed by atoms with Crippen molar-refractivity contribution in [2.75, 3.05) is 26.9 Å². The third-order valence-corrected chi connectivity index (χ3v) is 2.44. The summed E-state index contributed by atoms with van der Waals surface area (Å²) in [5.41, 5.74) is 0. The van der Waals surface area contributed by atoms with Crippen LogP contribution in [-0.2, 0) is 9.53 Å². The lowest BCUT2D eigenvalue weighted by atomic mass is 9.91. The van der Waals surface area contributed by atoms with E-state index in [0.29, 0.717) is 12.6 Å². The standard InChI is InChI=1S/C9H17NO3/c1-13-7-9(12)10(5-6-11)8-3-2-4-8/h8,11H,2-7H2,1H3. The number of hydrogen-bond donors (Lipinski definition) is 1. The number of hydrogen-bond acceptors (Lipinski definition) is 3. The van der Waals surface area contributed by atoms with Crippen LogP contribution in [0.25, 0.3) is 0 Å². The Morgan fingerprint density at radius 3 is 2.69 bits per heavy atom. The van der Waals surface area contributed by atoms with Gasteiger partial charge in [0.2, 0.25) is 5.91 Å². The van der Waals surface area contributed by atoms with E-state index in [1.54, 1.807) is 4.90 Å². The Labute approximate surface area is 78.5 Å². The van der Waals surface area contributed by atoms with Gasteiger partial charge in [-0.15, -0.1) is 0 Å². The molecule has 1 aliphatic rings. The third-order valence-electron chi connectivity index (χ3n) is 2.44. The first kappa shape index (κ1) is 10.5. The Hall–Kier alpha value is -0.610. The van der Waals surface area contributed by atoms with Crippen LogP contribution in [0.15, 0.2) is 0 Å². The summed E-state index contributed by atoms with van der Waals surface area (Å²) in [5, 5.41) is 8.79. The number of aliphatic hydroxyl groups is 1. The third kappa shape index (κ3) is 2.67. The van der Waals surface area contributed by atoms with Gasteiger partial charge in [0.1, 0.15) is 6.61 Å². The first-order valence-corrected chi connectivity index (χ1v) is 4.69. The molecule has 0 aromatic rings. The minimum Gasteiger partial charge on any atom is -0.395 e. The van der Waals surface area contributed by atoms with Crippen LogP contribution in [-0.4, -0.2) is 48.8 Å². The van der Waals surface area contributed by atoms with E-state index in [1.807, 2.05) is 0 Å². The molecule has 1 saturated carbocycles. The van der Waals surface area contributed by atoms with Gasteiger partial charge in [0.25, 0.3) is 0 Å². The lowest BCUT2D eigenvalue weighted by Gasteiger charge is -2.37. The van der Waals surface area contributed by atoms with Gasteiger partial charge in [-0.05, 0) is 19.3 Å². The Balaban J connectivity index is 2.40. The Bertz CT molecular complexity index is 168. The van der Waals surface area contributed by atoms with Gasteiger partial charge in [0, 0.05) is 19.7 Å². The molecule has 1 fully saturated rings. The fraction of sp³-hybridized carbons (Fsp3) is 0.889. The highest BCUT2D eigenvalue weighted by molar-refractivity contribution is 5.77. The van der Waals surface area contributed by atoms with Gasteiger partial charge in [-0.1, -0.05) is 0 Å². The van der Waals surface area contributed by atoms with Crippen LogP contribution in [0.5, 0.6) is 0 Å². The monoisotopic (exact) mass is 187 g/mol. The van der Waals surface area contributed by atoms with Crippen LogP contribution in [0.1, 0.15) is 19.3 Å². The molecule has 0 aliphatic heterocycles. The zero-order chi connectivity index (χ0) is 9.68. The molecule has 0 bridgehead atoms. The smallest absolute Gasteiger partial charge is 0.248 e. The molecule has 0 spiro atoms. The zero-order valence-electron chi connectivity index (χ0n) is 8.03. The highest BCUT2D eigenvalue weighted by atomic mass is 16.5. The van der Waals surface area contributed by atoms with Crippen LogP contribution >= 0.6 is 0 Å². The predicted molar refractivity (Wildman–Crippen MR) is 48.3 cm³/mol. The molecule has 0 unspecified atom stereocenters. The van der Waals surface area contributed by atoms with Crippen molar-refractivity contribution in [2.45, 2.75) is 25.3 Å². The minimum atomic E-state index is -0.0127. The van der Waals surface area contributed by atoms with Crippen LogP contribution < -0.4 is 0 Å². The lowest BCUT2D eigenvalue weighted by Crippen LogP contribution is -2.47. The Morgan fingerprint density at radius 1 is 1.62 bits per heavy atom. The van der Waals surface area contributed by atoms with E-state index in [4.69, 9.17) is 9.84 Å². The van der Waals surface area contributed by atoms with Crippen molar-refractivity contribution in [2.24, 2.45) is 0 Å². The first-order valence-electron chi connectivity index (χ1n) is 4.69. The van der Waals surface area contributed by atoms with Gasteiger partial charge in [-0.25, -0.2) is 0 Å². The van der Waals surface area contributed by atoms with Crippen LogP contribution in [0.3, 0.4) is 0 Å². The molecule has 1 rings (SSSR count). The number of aliphatic hydroxyl groups excluding tert-OH is 1. The van der Waals surface area contributed by atoms with E-state index in [9.17, 15) is 4.79 Å². The second-order valence-corrected chi connectivity index (χ2v) is 3.33. The number of nitrogens with zero attached hydrogens (tertiary/aromatic N) is 1. The summed E-state index contributed by atoms with van der Waals surface area (Å²) in [4.78, 5) is 13.2. The summed E-state index contributed by atoms with van der Waals surface area (Å²) in [6.07, 6.45) is 3.32. The molecule has 0 radical (unpaired) electrons. The molecule has 0 aromatic carbocycles. The lowest BCUT2D eigenvalue weighted by molar-refractivity contribution is -0.139. The van der Waals surface area contributed by atoms with Crippen LogP contribution in [0, 0.1) is 0 Å². The van der Waals surface area contributed by atoms with Gasteiger partial charge in [0.15, 0.2) is 0 Å². The number of carbonyl (C=O) groups excluding carboxylic acids is 1. The summed E-state index contributed by atoms with van der Waals surface area (Å²) in [6, 6.07) is 0.342. The van der Waals surface area contributed by atoms with Crippen molar-refractivity contribution in [1.82, 2.24) is 4.90 Å². The summed E-state index contributed by atoms with van der Waals surface area (Å²) in [6.45, 7) is 0.593. The van der Waals surface area contributed by atoms with E-state index in [1.165, 1.54) is 13.5 Å². The van der Waals surface area contributed by atoms with Gasteiger partial charge in [-0.2, -0.15) is 0 Å². The molecule has 0 atom stereocenters. The highest BCUT2D eigenvalue weighted by Gasteiger charge is 2.27. The molecule has 4 heteroatoms. The molecule has 76 valence electrons. The average Bonchev–Trinajstić information content (AvgIpc) is 2.01. The van der Waals surface area contributed by atoms with Gasteiger partial charge < -0.3 is 14.7 Å². The molecule has 0 aromatic heterocycles. The minimum absolute atomic E-state index is 0.0127. The Morgan fingerprint density at radius 2 is 2.31 bits per heavy atom. The summed E-state index contributed by atoms with van der Waals surface area (Å²) < 4.78 is 4.78. The summed E-state index contributed by atoms with van der Waals surface area (Å²) in [7, 11) is 1.51. The van der Waals surface area contributed by atoms with Crippen molar-refractivity contribution in [3.8, 4) is 0 Å². The second kappa shape index (κ2) is 5.19. The molecule has 0 heterocycles. The van der Waals surface area contributed by atoms with Crippen molar-refractivity contribution >= 4 is 5.91 Å². The van der Waals surface area contributed by atoms with Crippen molar-refractivity contribution < 1.29 is 14.6 Å². The number of rotatable bonds is 5. The van der Waals surface area contributed by atoms with E-state index in [0.717, 1.165) is 12.8 Å². The number of amides is 1. The van der Waals surface area contributed by atoms with E-state index in [2.05, 4.69) is 0 Å². The topological polar surface area (TPSA) is 49.8 Å². The first-order chi connectivity index (χ1) is 6.29. The molecule has 13 heavy (non-hydrogen) atoms. The quantitative estimate of drug-likeness (QED) is 0.659. The zero-order valence-corrected chi connectivity index (χ0v) is 8.03. The van der Waals surface area contributed by atoms with Crippen molar-refractivity contribution in [3.05, 3.63) is 0 Å². The number of methoxy groups -OCH3 is 1. The van der Waals surface area contributed by atoms with E-state index < -0.39 is 0 Å². The maximum Gasteiger partial charge on any atom is 0.248 e. The normalized spacial score (nSPS) is 16.8. The summed E-state index contributed by atoms with van der Waals surface area (Å²) >= 11 is 0. The maximum atomic E-state index is 11.5. The maximum absolute atomic E-state index is 11.5. The molecular formula is C9H17NO3. The summed E-state index contributed by atoms with van der Waals surface area (Å²) in [5.74, 6) is -0.0127. The van der Waals surface area contributed by atoms with Gasteiger partial charge in [-0.3, -0.25) is 4.79 Å². The van der Waals surface area contributed by atoms with E-state index >= 15 is 0 Å². The van der Waals surface area contributed by atoms with Crippen molar-refractivity contribution in [1.29, 1.82) is 0 Å². The highest BCUT2D eigenvalue weighted by Crippen LogP contribution is 2.24. The average molecular weight is 187 g/mol. The molecule has 1 aliphatic carbocycles. The SMILES string of the molecule is COCC(=O)N(CCO)C1CCC1. The van der Waals surface area contributed by atoms with Crippen LogP contribution in [0.4, 0.5) is 0 Å². The van der Waals surface area contributed by atoms with Crippen molar-refractivity contribution in [3.63, 3.8) is 0 Å². The molecule has 4 nitrogen and oxygen atoms in total. The van der Waals surface area contributed by atoms with E-state index in [-0.39, 0.29) is 19.1 Å². The molecular weight excluding hydrogens is 170 g/mol.